The minimum atomic E-state index is 0.504. The maximum Gasteiger partial charge on any atom is 0.101 e. The fourth-order valence-corrected chi connectivity index (χ4v) is 2.32. The Balaban J connectivity index is 2.29. The molecule has 0 saturated heterocycles. The van der Waals surface area contributed by atoms with Crippen molar-refractivity contribution >= 4 is 39.8 Å². The Labute approximate surface area is 114 Å². The normalized spacial score (nSPS) is 11.0. The number of hydrogen-bond acceptors (Lipinski definition) is 2. The van der Waals surface area contributed by atoms with E-state index in [2.05, 4.69) is 10.2 Å². The minimum absolute atomic E-state index is 0.504. The lowest BCUT2D eigenvalue weighted by atomic mass is 10.1. The lowest BCUT2D eigenvalue weighted by molar-refractivity contribution is 1.12. The van der Waals surface area contributed by atoms with Gasteiger partial charge in [0.05, 0.1) is 15.6 Å². The molecular weight excluding hydrogens is 269 g/mol. The van der Waals surface area contributed by atoms with Gasteiger partial charge in [0, 0.05) is 16.6 Å². The van der Waals surface area contributed by atoms with Crippen LogP contribution in [0.15, 0.2) is 36.4 Å². The van der Waals surface area contributed by atoms with Gasteiger partial charge < -0.3 is 5.73 Å². The van der Waals surface area contributed by atoms with Crippen molar-refractivity contribution in [3.63, 3.8) is 0 Å². The molecule has 1 aromatic heterocycles. The van der Waals surface area contributed by atoms with Crippen LogP contribution >= 0.6 is 23.2 Å². The molecule has 0 aliphatic carbocycles. The van der Waals surface area contributed by atoms with Gasteiger partial charge in [0.15, 0.2) is 0 Å². The van der Waals surface area contributed by atoms with Crippen molar-refractivity contribution in [2.24, 2.45) is 0 Å². The SMILES string of the molecule is Nc1ccc2c(-c3cccc(Cl)c3Cl)n[nH]c2c1. The predicted octanol–water partition coefficient (Wildman–Crippen LogP) is 4.12. The predicted molar refractivity (Wildman–Crippen MR) is 76.0 cm³/mol. The van der Waals surface area contributed by atoms with Gasteiger partial charge in [0.2, 0.25) is 0 Å². The van der Waals surface area contributed by atoms with Gasteiger partial charge in [0.25, 0.3) is 0 Å². The number of fused-ring (bicyclic) bond motifs is 1. The lowest BCUT2D eigenvalue weighted by Crippen LogP contribution is -1.83. The third-order valence-corrected chi connectivity index (χ3v) is 3.61. The number of anilines is 1. The van der Waals surface area contributed by atoms with Crippen LogP contribution in [0.25, 0.3) is 22.2 Å². The van der Waals surface area contributed by atoms with Gasteiger partial charge in [-0.1, -0.05) is 35.3 Å². The quantitative estimate of drug-likeness (QED) is 0.658. The second kappa shape index (κ2) is 4.19. The summed E-state index contributed by atoms with van der Waals surface area (Å²) in [5.74, 6) is 0. The van der Waals surface area contributed by atoms with Gasteiger partial charge in [-0.2, -0.15) is 5.10 Å². The van der Waals surface area contributed by atoms with Crippen molar-refractivity contribution < 1.29 is 0 Å². The number of rotatable bonds is 1. The number of aromatic amines is 1. The fourth-order valence-electron chi connectivity index (χ4n) is 1.93. The average molecular weight is 278 g/mol. The molecule has 0 fully saturated rings. The summed E-state index contributed by atoms with van der Waals surface area (Å²) in [5, 5.41) is 9.21. The zero-order valence-electron chi connectivity index (χ0n) is 9.24. The van der Waals surface area contributed by atoms with Crippen LogP contribution in [-0.2, 0) is 0 Å². The minimum Gasteiger partial charge on any atom is -0.399 e. The number of nitrogens with two attached hydrogens (primary N) is 1. The molecule has 0 saturated carbocycles. The number of aromatic nitrogens is 2. The maximum atomic E-state index is 6.21. The van der Waals surface area contributed by atoms with Crippen LogP contribution in [0.3, 0.4) is 0 Å². The van der Waals surface area contributed by atoms with E-state index in [-0.39, 0.29) is 0 Å². The van der Waals surface area contributed by atoms with Gasteiger partial charge >= 0.3 is 0 Å². The third kappa shape index (κ3) is 1.72. The molecule has 2 aromatic carbocycles. The van der Waals surface area contributed by atoms with Crippen molar-refractivity contribution in [1.82, 2.24) is 10.2 Å². The highest BCUT2D eigenvalue weighted by atomic mass is 35.5. The van der Waals surface area contributed by atoms with Crippen LogP contribution < -0.4 is 5.73 Å². The summed E-state index contributed by atoms with van der Waals surface area (Å²) in [6.45, 7) is 0. The van der Waals surface area contributed by atoms with Crippen LogP contribution in [0.4, 0.5) is 5.69 Å². The number of benzene rings is 2. The Bertz CT molecular complexity index is 734. The van der Waals surface area contributed by atoms with E-state index in [0.29, 0.717) is 15.7 Å². The largest absolute Gasteiger partial charge is 0.399 e. The summed E-state index contributed by atoms with van der Waals surface area (Å²) >= 11 is 12.2. The fraction of sp³-hybridized carbons (Fsp3) is 0. The summed E-state index contributed by atoms with van der Waals surface area (Å²) in [7, 11) is 0. The summed E-state index contributed by atoms with van der Waals surface area (Å²) in [6, 6.07) is 11.1. The molecule has 18 heavy (non-hydrogen) atoms. The van der Waals surface area contributed by atoms with E-state index in [1.807, 2.05) is 30.3 Å². The third-order valence-electron chi connectivity index (χ3n) is 2.79. The average Bonchev–Trinajstić information content (AvgIpc) is 2.75. The number of nitrogens with zero attached hydrogens (tertiary/aromatic N) is 1. The Morgan fingerprint density at radius 3 is 2.78 bits per heavy atom. The highest BCUT2D eigenvalue weighted by molar-refractivity contribution is 6.43. The first-order valence-corrected chi connectivity index (χ1v) is 6.10. The molecule has 0 unspecified atom stereocenters. The highest BCUT2D eigenvalue weighted by Gasteiger charge is 2.13. The first-order chi connectivity index (χ1) is 8.66. The lowest BCUT2D eigenvalue weighted by Gasteiger charge is -2.03. The van der Waals surface area contributed by atoms with Crippen LogP contribution in [-0.4, -0.2) is 10.2 Å². The van der Waals surface area contributed by atoms with Crippen molar-refractivity contribution in [2.75, 3.05) is 5.73 Å². The van der Waals surface area contributed by atoms with Crippen molar-refractivity contribution in [3.8, 4) is 11.3 Å². The second-order valence-corrected chi connectivity index (χ2v) is 4.76. The number of nitrogen functional groups attached to an aromatic ring is 1. The number of hydrogen-bond donors (Lipinski definition) is 2. The Morgan fingerprint density at radius 1 is 1.11 bits per heavy atom. The smallest absolute Gasteiger partial charge is 0.101 e. The van der Waals surface area contributed by atoms with Crippen LogP contribution in [0, 0.1) is 0 Å². The van der Waals surface area contributed by atoms with E-state index in [4.69, 9.17) is 28.9 Å². The van der Waals surface area contributed by atoms with Crippen LogP contribution in [0.1, 0.15) is 0 Å². The van der Waals surface area contributed by atoms with Crippen molar-refractivity contribution in [3.05, 3.63) is 46.4 Å². The van der Waals surface area contributed by atoms with E-state index in [1.54, 1.807) is 6.07 Å². The van der Waals surface area contributed by atoms with E-state index >= 15 is 0 Å². The molecule has 3 N–H and O–H groups in total. The molecule has 0 bridgehead atoms. The molecule has 0 aliphatic rings. The van der Waals surface area contributed by atoms with Crippen LogP contribution in [0.5, 0.6) is 0 Å². The molecule has 0 spiro atoms. The second-order valence-electron chi connectivity index (χ2n) is 3.98. The maximum absolute atomic E-state index is 6.21. The summed E-state index contributed by atoms with van der Waals surface area (Å²) in [4.78, 5) is 0. The number of nitrogens with one attached hydrogen (secondary N) is 1. The van der Waals surface area contributed by atoms with Gasteiger partial charge in [-0.25, -0.2) is 0 Å². The van der Waals surface area contributed by atoms with Crippen LogP contribution in [0.2, 0.25) is 10.0 Å². The summed E-state index contributed by atoms with van der Waals surface area (Å²) in [5.41, 5.74) is 8.88. The molecule has 3 rings (SSSR count). The molecule has 0 aliphatic heterocycles. The molecule has 0 radical (unpaired) electrons. The monoisotopic (exact) mass is 277 g/mol. The standard InChI is InChI=1S/C13H9Cl2N3/c14-10-3-1-2-9(12(10)15)13-8-5-4-7(16)6-11(8)17-18-13/h1-6H,16H2,(H,17,18). The Hall–Kier alpha value is -1.71. The van der Waals surface area contributed by atoms with E-state index in [1.165, 1.54) is 0 Å². The number of H-pyrrole nitrogens is 1. The Kier molecular flexibility index (Phi) is 2.65. The summed E-state index contributed by atoms with van der Waals surface area (Å²) < 4.78 is 0. The molecular formula is C13H9Cl2N3. The highest BCUT2D eigenvalue weighted by Crippen LogP contribution is 2.35. The zero-order chi connectivity index (χ0) is 12.7. The molecule has 1 heterocycles. The molecule has 0 atom stereocenters. The topological polar surface area (TPSA) is 54.7 Å². The van der Waals surface area contributed by atoms with Gasteiger partial charge in [-0.05, 0) is 24.3 Å². The number of halogens is 2. The van der Waals surface area contributed by atoms with E-state index in [9.17, 15) is 0 Å². The zero-order valence-corrected chi connectivity index (χ0v) is 10.8. The van der Waals surface area contributed by atoms with Gasteiger partial charge in [-0.15, -0.1) is 0 Å². The molecule has 3 nitrogen and oxygen atoms in total. The Morgan fingerprint density at radius 2 is 1.94 bits per heavy atom. The molecule has 90 valence electrons. The van der Waals surface area contributed by atoms with Gasteiger partial charge in [-0.3, -0.25) is 5.10 Å². The molecule has 3 aromatic rings. The first-order valence-electron chi connectivity index (χ1n) is 5.35. The first kappa shape index (κ1) is 11.4. The van der Waals surface area contributed by atoms with Crippen molar-refractivity contribution in [2.45, 2.75) is 0 Å². The van der Waals surface area contributed by atoms with E-state index < -0.39 is 0 Å². The van der Waals surface area contributed by atoms with Crippen molar-refractivity contribution in [1.29, 1.82) is 0 Å². The van der Waals surface area contributed by atoms with E-state index in [0.717, 1.165) is 22.2 Å². The van der Waals surface area contributed by atoms with Gasteiger partial charge in [0.1, 0.15) is 5.69 Å². The summed E-state index contributed by atoms with van der Waals surface area (Å²) in [6.07, 6.45) is 0. The molecule has 5 heteroatoms. The molecule has 0 amide bonds.